The minimum Gasteiger partial charge on any atom is -0.375 e. The van der Waals surface area contributed by atoms with Crippen molar-refractivity contribution in [2.75, 3.05) is 24.3 Å². The Morgan fingerprint density at radius 2 is 2.24 bits per heavy atom. The zero-order valence-corrected chi connectivity index (χ0v) is 11.7. The van der Waals surface area contributed by atoms with Crippen molar-refractivity contribution >= 4 is 34.1 Å². The van der Waals surface area contributed by atoms with Crippen molar-refractivity contribution in [2.24, 2.45) is 0 Å². The van der Waals surface area contributed by atoms with E-state index in [2.05, 4.69) is 16.6 Å². The van der Waals surface area contributed by atoms with E-state index < -0.39 is 0 Å². The number of nitrogens with one attached hydrogen (secondary N) is 1. The van der Waals surface area contributed by atoms with Crippen molar-refractivity contribution in [3.8, 4) is 0 Å². The van der Waals surface area contributed by atoms with Crippen molar-refractivity contribution in [1.29, 1.82) is 0 Å². The maximum atomic E-state index is 11.6. The molecule has 0 aliphatic carbocycles. The number of aromatic nitrogens is 1. The van der Waals surface area contributed by atoms with Gasteiger partial charge in [0, 0.05) is 11.9 Å². The Kier molecular flexibility index (Phi) is 7.04. The van der Waals surface area contributed by atoms with Gasteiger partial charge in [0.15, 0.2) is 5.13 Å². The van der Waals surface area contributed by atoms with Crippen LogP contribution in [0.2, 0.25) is 0 Å². The van der Waals surface area contributed by atoms with Crippen LogP contribution in [0.4, 0.5) is 5.13 Å². The minimum atomic E-state index is -0.123. The molecule has 0 saturated carbocycles. The van der Waals surface area contributed by atoms with Gasteiger partial charge in [-0.1, -0.05) is 12.8 Å². The lowest BCUT2D eigenvalue weighted by atomic mass is 10.2. The number of thioether (sulfide) groups is 1. The Hall–Kier alpha value is -0.750. The lowest BCUT2D eigenvalue weighted by molar-refractivity contribution is 0.0949. The first kappa shape index (κ1) is 14.3. The summed E-state index contributed by atoms with van der Waals surface area (Å²) in [4.78, 5) is 15.5. The maximum Gasteiger partial charge on any atom is 0.270 e. The number of hydrogen-bond acceptors (Lipinski definition) is 5. The molecule has 4 nitrogen and oxygen atoms in total. The van der Waals surface area contributed by atoms with E-state index in [1.54, 1.807) is 5.38 Å². The number of nitrogens with two attached hydrogens (primary N) is 1. The van der Waals surface area contributed by atoms with Crippen LogP contribution in [0.3, 0.4) is 0 Å². The van der Waals surface area contributed by atoms with E-state index in [-0.39, 0.29) is 5.91 Å². The predicted molar refractivity (Wildman–Crippen MR) is 75.7 cm³/mol. The molecule has 1 aromatic rings. The van der Waals surface area contributed by atoms with Crippen molar-refractivity contribution in [3.63, 3.8) is 0 Å². The van der Waals surface area contributed by atoms with Crippen molar-refractivity contribution < 1.29 is 4.79 Å². The Bertz CT molecular complexity index is 341. The van der Waals surface area contributed by atoms with Gasteiger partial charge in [0.05, 0.1) is 0 Å². The monoisotopic (exact) mass is 273 g/mol. The molecule has 17 heavy (non-hydrogen) atoms. The van der Waals surface area contributed by atoms with Crippen molar-refractivity contribution in [2.45, 2.75) is 25.7 Å². The molecule has 0 bridgehead atoms. The van der Waals surface area contributed by atoms with Crippen LogP contribution in [0.1, 0.15) is 36.2 Å². The molecule has 1 aromatic heterocycles. The highest BCUT2D eigenvalue weighted by Crippen LogP contribution is 2.10. The SMILES string of the molecule is CSCCCCCCNC(=O)c1csc(N)n1. The summed E-state index contributed by atoms with van der Waals surface area (Å²) in [7, 11) is 0. The van der Waals surface area contributed by atoms with Gasteiger partial charge in [0.25, 0.3) is 5.91 Å². The van der Waals surface area contributed by atoms with Crippen LogP contribution in [0.15, 0.2) is 5.38 Å². The largest absolute Gasteiger partial charge is 0.375 e. The number of carbonyl (C=O) groups is 1. The van der Waals surface area contributed by atoms with E-state index in [4.69, 9.17) is 5.73 Å². The highest BCUT2D eigenvalue weighted by Gasteiger charge is 2.07. The van der Waals surface area contributed by atoms with E-state index >= 15 is 0 Å². The van der Waals surface area contributed by atoms with E-state index in [1.165, 1.54) is 36.4 Å². The molecular weight excluding hydrogens is 254 g/mol. The average molecular weight is 273 g/mol. The van der Waals surface area contributed by atoms with Crippen LogP contribution in [0.5, 0.6) is 0 Å². The molecule has 0 atom stereocenters. The highest BCUT2D eigenvalue weighted by molar-refractivity contribution is 7.98. The number of rotatable bonds is 8. The van der Waals surface area contributed by atoms with Gasteiger partial charge in [-0.3, -0.25) is 4.79 Å². The summed E-state index contributed by atoms with van der Waals surface area (Å²) in [5.74, 6) is 1.10. The van der Waals surface area contributed by atoms with Crippen LogP contribution >= 0.6 is 23.1 Å². The van der Waals surface area contributed by atoms with Crippen LogP contribution < -0.4 is 11.1 Å². The quantitative estimate of drug-likeness (QED) is 0.714. The Morgan fingerprint density at radius 3 is 2.88 bits per heavy atom. The molecule has 1 amide bonds. The summed E-state index contributed by atoms with van der Waals surface area (Å²) in [5, 5.41) is 4.97. The van der Waals surface area contributed by atoms with Gasteiger partial charge in [-0.05, 0) is 24.9 Å². The van der Waals surface area contributed by atoms with Gasteiger partial charge in [0.2, 0.25) is 0 Å². The number of nitrogens with zero attached hydrogens (tertiary/aromatic N) is 1. The normalized spacial score (nSPS) is 10.4. The first-order valence-electron chi connectivity index (χ1n) is 5.72. The summed E-state index contributed by atoms with van der Waals surface area (Å²) in [6, 6.07) is 0. The highest BCUT2D eigenvalue weighted by atomic mass is 32.2. The lowest BCUT2D eigenvalue weighted by Crippen LogP contribution is -2.24. The first-order valence-corrected chi connectivity index (χ1v) is 7.99. The van der Waals surface area contributed by atoms with Gasteiger partial charge in [-0.25, -0.2) is 4.98 Å². The van der Waals surface area contributed by atoms with E-state index in [0.29, 0.717) is 10.8 Å². The van der Waals surface area contributed by atoms with E-state index in [0.717, 1.165) is 13.0 Å². The number of nitrogen functional groups attached to an aromatic ring is 1. The number of unbranched alkanes of at least 4 members (excludes halogenated alkanes) is 3. The standard InChI is InChI=1S/C11H19N3OS2/c1-16-7-5-3-2-4-6-13-10(15)9-8-17-11(12)14-9/h8H,2-7H2,1H3,(H2,12,14)(H,13,15). The Balaban J connectivity index is 2.05. The molecule has 96 valence electrons. The van der Waals surface area contributed by atoms with Gasteiger partial charge in [0.1, 0.15) is 5.69 Å². The summed E-state index contributed by atoms with van der Waals surface area (Å²) < 4.78 is 0. The molecule has 0 aliphatic heterocycles. The number of thiazole rings is 1. The number of amides is 1. The second kappa shape index (κ2) is 8.36. The molecule has 0 aromatic carbocycles. The minimum absolute atomic E-state index is 0.123. The first-order chi connectivity index (χ1) is 8.24. The van der Waals surface area contributed by atoms with E-state index in [1.807, 2.05) is 11.8 Å². The van der Waals surface area contributed by atoms with Crippen molar-refractivity contribution in [3.05, 3.63) is 11.1 Å². The Morgan fingerprint density at radius 1 is 1.47 bits per heavy atom. The molecule has 0 saturated heterocycles. The van der Waals surface area contributed by atoms with Crippen LogP contribution in [-0.2, 0) is 0 Å². The zero-order chi connectivity index (χ0) is 12.5. The van der Waals surface area contributed by atoms with Gasteiger partial charge >= 0.3 is 0 Å². The maximum absolute atomic E-state index is 11.6. The Labute approximate surface area is 110 Å². The zero-order valence-electron chi connectivity index (χ0n) is 10.1. The average Bonchev–Trinajstić information content (AvgIpc) is 2.74. The molecule has 0 unspecified atom stereocenters. The fourth-order valence-electron chi connectivity index (χ4n) is 1.41. The molecule has 0 aliphatic rings. The van der Waals surface area contributed by atoms with Crippen LogP contribution in [0, 0.1) is 0 Å². The summed E-state index contributed by atoms with van der Waals surface area (Å²) >= 11 is 3.17. The second-order valence-electron chi connectivity index (χ2n) is 3.73. The molecule has 0 spiro atoms. The topological polar surface area (TPSA) is 68.0 Å². The smallest absolute Gasteiger partial charge is 0.270 e. The second-order valence-corrected chi connectivity index (χ2v) is 5.61. The molecule has 1 rings (SSSR count). The number of anilines is 1. The summed E-state index contributed by atoms with van der Waals surface area (Å²) in [5.41, 5.74) is 5.89. The van der Waals surface area contributed by atoms with Crippen LogP contribution in [0.25, 0.3) is 0 Å². The third-order valence-electron chi connectivity index (χ3n) is 2.32. The predicted octanol–water partition coefficient (Wildman–Crippen LogP) is 2.38. The summed E-state index contributed by atoms with van der Waals surface area (Å²) in [6.45, 7) is 0.718. The van der Waals surface area contributed by atoms with Crippen LogP contribution in [-0.4, -0.2) is 29.4 Å². The molecular formula is C11H19N3OS2. The molecule has 0 fully saturated rings. The number of hydrogen-bond donors (Lipinski definition) is 2. The van der Waals surface area contributed by atoms with E-state index in [9.17, 15) is 4.79 Å². The van der Waals surface area contributed by atoms with Gasteiger partial charge in [-0.15, -0.1) is 11.3 Å². The van der Waals surface area contributed by atoms with Gasteiger partial charge < -0.3 is 11.1 Å². The molecule has 6 heteroatoms. The summed E-state index contributed by atoms with van der Waals surface area (Å²) in [6.07, 6.45) is 6.82. The van der Waals surface area contributed by atoms with Gasteiger partial charge in [-0.2, -0.15) is 11.8 Å². The third kappa shape index (κ3) is 5.93. The molecule has 1 heterocycles. The third-order valence-corrected chi connectivity index (χ3v) is 3.69. The fourth-order valence-corrected chi connectivity index (χ4v) is 2.45. The lowest BCUT2D eigenvalue weighted by Gasteiger charge is -2.03. The number of carbonyl (C=O) groups excluding carboxylic acids is 1. The molecule has 0 radical (unpaired) electrons. The fraction of sp³-hybridized carbons (Fsp3) is 0.636. The molecule has 3 N–H and O–H groups in total. The van der Waals surface area contributed by atoms with Crippen molar-refractivity contribution in [1.82, 2.24) is 10.3 Å².